The third-order valence-electron chi connectivity index (χ3n) is 3.67. The summed E-state index contributed by atoms with van der Waals surface area (Å²) in [5.41, 5.74) is 4.82. The van der Waals surface area contributed by atoms with Gasteiger partial charge in [-0.1, -0.05) is 34.9 Å². The third-order valence-corrected chi connectivity index (χ3v) is 3.67. The van der Waals surface area contributed by atoms with Gasteiger partial charge < -0.3 is 5.11 Å². The van der Waals surface area contributed by atoms with Crippen LogP contribution in [0.3, 0.4) is 0 Å². The molecular weight excluding hydrogens is 272 g/mol. The summed E-state index contributed by atoms with van der Waals surface area (Å²) in [5, 5.41) is 9.86. The molecule has 0 rings (SSSR count). The number of hydrogen-bond acceptors (Lipinski definition) is 2. The minimum Gasteiger partial charge on any atom is -0.388 e. The fourth-order valence-corrected chi connectivity index (χ4v) is 2.06. The molecule has 1 N–H and O–H groups in total. The first-order valence-electron chi connectivity index (χ1n) is 8.11. The molecule has 1 atom stereocenters. The van der Waals surface area contributed by atoms with Gasteiger partial charge in [0.2, 0.25) is 0 Å². The third kappa shape index (κ3) is 11.3. The molecule has 2 heteroatoms. The van der Waals surface area contributed by atoms with Crippen LogP contribution in [-0.4, -0.2) is 17.5 Å². The number of carbonyl (C=O) groups is 1. The van der Waals surface area contributed by atoms with Gasteiger partial charge in [0, 0.05) is 0 Å². The average Bonchev–Trinajstić information content (AvgIpc) is 2.44. The van der Waals surface area contributed by atoms with Crippen LogP contribution in [0.4, 0.5) is 0 Å². The lowest BCUT2D eigenvalue weighted by Gasteiger charge is -2.08. The summed E-state index contributed by atoms with van der Waals surface area (Å²) in [6.45, 7) is 10.3. The molecule has 0 saturated carbocycles. The van der Waals surface area contributed by atoms with E-state index in [1.165, 1.54) is 22.8 Å². The van der Waals surface area contributed by atoms with Crippen LogP contribution in [0.5, 0.6) is 0 Å². The molecule has 2 nitrogen and oxygen atoms in total. The minimum atomic E-state index is -0.554. The van der Waals surface area contributed by atoms with Crippen molar-refractivity contribution in [3.05, 3.63) is 46.6 Å². The second-order valence-electron chi connectivity index (χ2n) is 6.26. The van der Waals surface area contributed by atoms with Crippen LogP contribution in [0.1, 0.15) is 66.7 Å². The molecule has 0 bridgehead atoms. The van der Waals surface area contributed by atoms with Crippen molar-refractivity contribution in [3.8, 4) is 0 Å². The predicted molar refractivity (Wildman–Crippen MR) is 95.9 cm³/mol. The van der Waals surface area contributed by atoms with E-state index in [9.17, 15) is 9.90 Å². The van der Waals surface area contributed by atoms with E-state index in [0.717, 1.165) is 32.0 Å². The average molecular weight is 304 g/mol. The second kappa shape index (κ2) is 12.2. The molecule has 0 saturated heterocycles. The van der Waals surface area contributed by atoms with Crippen molar-refractivity contribution in [1.82, 2.24) is 0 Å². The van der Waals surface area contributed by atoms with Gasteiger partial charge in [0.1, 0.15) is 6.29 Å². The van der Waals surface area contributed by atoms with Crippen LogP contribution >= 0.6 is 0 Å². The molecule has 0 radical (unpaired) electrons. The largest absolute Gasteiger partial charge is 0.388 e. The minimum absolute atomic E-state index is 0.554. The van der Waals surface area contributed by atoms with E-state index in [2.05, 4.69) is 45.9 Å². The highest BCUT2D eigenvalue weighted by Gasteiger charge is 2.03. The predicted octanol–water partition coefficient (Wildman–Crippen LogP) is 5.30. The number of aliphatic hydroxyl groups is 1. The molecular formula is C20H32O2. The Kier molecular flexibility index (Phi) is 11.4. The highest BCUT2D eigenvalue weighted by molar-refractivity contribution is 5.66. The van der Waals surface area contributed by atoms with Gasteiger partial charge >= 0.3 is 0 Å². The SMILES string of the molecule is CC(C)=CCC/C(C)=C/CC/C(C)=C/C[C@H](O)/C(C)=C/C=O. The zero-order valence-corrected chi connectivity index (χ0v) is 14.9. The van der Waals surface area contributed by atoms with Crippen molar-refractivity contribution in [2.24, 2.45) is 0 Å². The first kappa shape index (κ1) is 20.6. The number of hydrogen-bond donors (Lipinski definition) is 1. The molecule has 0 aliphatic carbocycles. The highest BCUT2D eigenvalue weighted by atomic mass is 16.3. The standard InChI is InChI=1S/C20H32O2/c1-16(2)8-6-9-17(3)10-7-11-18(4)12-13-20(22)19(5)14-15-21/h8,10,12,14-15,20,22H,6-7,9,11,13H2,1-5H3/b17-10+,18-12+,19-14+/t20-/m0/s1. The summed E-state index contributed by atoms with van der Waals surface area (Å²) in [5.74, 6) is 0. The maximum Gasteiger partial charge on any atom is 0.142 e. The van der Waals surface area contributed by atoms with E-state index >= 15 is 0 Å². The van der Waals surface area contributed by atoms with Crippen LogP contribution in [0.25, 0.3) is 0 Å². The van der Waals surface area contributed by atoms with Gasteiger partial charge in [0.15, 0.2) is 0 Å². The number of allylic oxidation sites excluding steroid dienone is 6. The van der Waals surface area contributed by atoms with Gasteiger partial charge in [-0.05, 0) is 78.4 Å². The molecule has 22 heavy (non-hydrogen) atoms. The van der Waals surface area contributed by atoms with Gasteiger partial charge in [-0.25, -0.2) is 0 Å². The van der Waals surface area contributed by atoms with Crippen LogP contribution < -0.4 is 0 Å². The Hall–Kier alpha value is -1.41. The molecule has 0 amide bonds. The number of carbonyl (C=O) groups excluding carboxylic acids is 1. The Morgan fingerprint density at radius 2 is 1.45 bits per heavy atom. The topological polar surface area (TPSA) is 37.3 Å². The molecule has 0 unspecified atom stereocenters. The maximum atomic E-state index is 10.4. The molecule has 0 heterocycles. The van der Waals surface area contributed by atoms with Crippen LogP contribution in [-0.2, 0) is 4.79 Å². The number of aliphatic hydroxyl groups excluding tert-OH is 1. The summed E-state index contributed by atoms with van der Waals surface area (Å²) in [6, 6.07) is 0. The normalized spacial score (nSPS) is 14.7. The van der Waals surface area contributed by atoms with Gasteiger partial charge in [0.25, 0.3) is 0 Å². The zero-order valence-electron chi connectivity index (χ0n) is 14.9. The summed E-state index contributed by atoms with van der Waals surface area (Å²) in [6.07, 6.45) is 13.1. The fraction of sp³-hybridized carbons (Fsp3) is 0.550. The zero-order chi connectivity index (χ0) is 17.0. The molecule has 124 valence electrons. The molecule has 0 aromatic heterocycles. The first-order chi connectivity index (χ1) is 10.4. The lowest BCUT2D eigenvalue weighted by atomic mass is 10.0. The molecule has 0 aliphatic heterocycles. The summed E-state index contributed by atoms with van der Waals surface area (Å²) in [4.78, 5) is 10.4. The van der Waals surface area contributed by atoms with Crippen LogP contribution in [0, 0.1) is 0 Å². The van der Waals surface area contributed by atoms with Gasteiger partial charge in [0.05, 0.1) is 6.10 Å². The lowest BCUT2D eigenvalue weighted by molar-refractivity contribution is -0.104. The van der Waals surface area contributed by atoms with E-state index in [1.54, 1.807) is 6.92 Å². The molecule has 0 spiro atoms. The van der Waals surface area contributed by atoms with Crippen LogP contribution in [0.15, 0.2) is 46.6 Å². The number of rotatable bonds is 10. The highest BCUT2D eigenvalue weighted by Crippen LogP contribution is 2.13. The Morgan fingerprint density at radius 3 is 2.00 bits per heavy atom. The Bertz CT molecular complexity index is 446. The fourth-order valence-electron chi connectivity index (χ4n) is 2.06. The molecule has 0 aromatic carbocycles. The van der Waals surface area contributed by atoms with E-state index in [-0.39, 0.29) is 0 Å². The van der Waals surface area contributed by atoms with Gasteiger partial charge in [-0.15, -0.1) is 0 Å². The van der Waals surface area contributed by atoms with Crippen molar-refractivity contribution >= 4 is 6.29 Å². The van der Waals surface area contributed by atoms with Crippen molar-refractivity contribution in [2.75, 3.05) is 0 Å². The van der Waals surface area contributed by atoms with Crippen molar-refractivity contribution < 1.29 is 9.90 Å². The van der Waals surface area contributed by atoms with E-state index < -0.39 is 6.10 Å². The molecule has 0 aromatic rings. The van der Waals surface area contributed by atoms with Crippen LogP contribution in [0.2, 0.25) is 0 Å². The Labute approximate surface area is 136 Å². The quantitative estimate of drug-likeness (QED) is 0.338. The Morgan fingerprint density at radius 1 is 0.909 bits per heavy atom. The van der Waals surface area contributed by atoms with Crippen molar-refractivity contribution in [3.63, 3.8) is 0 Å². The monoisotopic (exact) mass is 304 g/mol. The van der Waals surface area contributed by atoms with Gasteiger partial charge in [-0.3, -0.25) is 4.79 Å². The van der Waals surface area contributed by atoms with E-state index in [0.29, 0.717) is 12.0 Å². The lowest BCUT2D eigenvalue weighted by Crippen LogP contribution is -2.06. The smallest absolute Gasteiger partial charge is 0.142 e. The second-order valence-corrected chi connectivity index (χ2v) is 6.26. The summed E-state index contributed by atoms with van der Waals surface area (Å²) < 4.78 is 0. The van der Waals surface area contributed by atoms with E-state index in [1.807, 2.05) is 0 Å². The maximum absolute atomic E-state index is 10.4. The summed E-state index contributed by atoms with van der Waals surface area (Å²) >= 11 is 0. The Balaban J connectivity index is 4.13. The first-order valence-corrected chi connectivity index (χ1v) is 8.11. The van der Waals surface area contributed by atoms with Crippen molar-refractivity contribution in [1.29, 1.82) is 0 Å². The summed E-state index contributed by atoms with van der Waals surface area (Å²) in [7, 11) is 0. The van der Waals surface area contributed by atoms with Gasteiger partial charge in [-0.2, -0.15) is 0 Å². The molecule has 0 fully saturated rings. The number of aldehydes is 1. The van der Waals surface area contributed by atoms with E-state index in [4.69, 9.17) is 0 Å². The molecule has 0 aliphatic rings. The van der Waals surface area contributed by atoms with Crippen molar-refractivity contribution in [2.45, 2.75) is 72.8 Å².